The van der Waals surface area contributed by atoms with Crippen LogP contribution in [0.15, 0.2) is 78.4 Å². The zero-order valence-electron chi connectivity index (χ0n) is 20.0. The predicted molar refractivity (Wildman–Crippen MR) is 140 cm³/mol. The van der Waals surface area contributed by atoms with Crippen LogP contribution in [0.25, 0.3) is 6.08 Å². The molecule has 0 aliphatic rings. The van der Waals surface area contributed by atoms with Gasteiger partial charge >= 0.3 is 0 Å². The molecule has 0 aliphatic carbocycles. The fourth-order valence-electron chi connectivity index (χ4n) is 3.35. The Labute approximate surface area is 215 Å². The number of nitrogens with zero attached hydrogens (tertiary/aromatic N) is 1. The summed E-state index contributed by atoms with van der Waals surface area (Å²) in [5.41, 5.74) is 1.95. The van der Waals surface area contributed by atoms with Crippen LogP contribution in [0.3, 0.4) is 0 Å². The number of amides is 2. The first-order chi connectivity index (χ1) is 17.4. The summed E-state index contributed by atoms with van der Waals surface area (Å²) in [6, 6.07) is 23.2. The van der Waals surface area contributed by atoms with Gasteiger partial charge in [-0.1, -0.05) is 60.1 Å². The maximum atomic E-state index is 12.7. The highest BCUT2D eigenvalue weighted by Gasteiger charge is 2.17. The Balaban J connectivity index is 1.75. The van der Waals surface area contributed by atoms with Crippen molar-refractivity contribution < 1.29 is 19.1 Å². The van der Waals surface area contributed by atoms with Crippen LogP contribution in [-0.2, 0) is 9.59 Å². The lowest BCUT2D eigenvalue weighted by atomic mass is 10.1. The molecule has 3 aromatic rings. The number of nitriles is 1. The zero-order chi connectivity index (χ0) is 25.9. The predicted octanol–water partition coefficient (Wildman–Crippen LogP) is 5.54. The molecule has 0 saturated carbocycles. The average Bonchev–Trinajstić information content (AvgIpc) is 2.88. The molecule has 0 fully saturated rings. The van der Waals surface area contributed by atoms with Gasteiger partial charge in [0, 0.05) is 5.69 Å². The largest absolute Gasteiger partial charge is 0.490 e. The fourth-order valence-corrected chi connectivity index (χ4v) is 3.62. The van der Waals surface area contributed by atoms with Crippen molar-refractivity contribution in [2.24, 2.45) is 0 Å². The van der Waals surface area contributed by atoms with E-state index in [-0.39, 0.29) is 34.9 Å². The maximum absolute atomic E-state index is 12.7. The van der Waals surface area contributed by atoms with Gasteiger partial charge in [-0.05, 0) is 55.3 Å². The molecule has 7 nitrogen and oxygen atoms in total. The van der Waals surface area contributed by atoms with Gasteiger partial charge in [0.2, 0.25) is 0 Å². The first-order valence-electron chi connectivity index (χ1n) is 11.3. The highest BCUT2D eigenvalue weighted by Crippen LogP contribution is 2.37. The number of anilines is 1. The number of halogens is 1. The van der Waals surface area contributed by atoms with Crippen molar-refractivity contribution in [1.82, 2.24) is 5.32 Å². The van der Waals surface area contributed by atoms with E-state index in [4.69, 9.17) is 21.1 Å². The van der Waals surface area contributed by atoms with Crippen LogP contribution in [-0.4, -0.2) is 25.0 Å². The minimum atomic E-state index is -0.513. The number of hydrogen-bond donors (Lipinski definition) is 2. The molecule has 0 unspecified atom stereocenters. The molecule has 0 bridgehead atoms. The third kappa shape index (κ3) is 7.36. The first-order valence-corrected chi connectivity index (χ1v) is 11.7. The van der Waals surface area contributed by atoms with E-state index in [0.29, 0.717) is 23.6 Å². The van der Waals surface area contributed by atoms with Gasteiger partial charge in [0.15, 0.2) is 18.1 Å². The summed E-state index contributed by atoms with van der Waals surface area (Å²) in [4.78, 5) is 25.0. The summed E-state index contributed by atoms with van der Waals surface area (Å²) in [5.74, 6) is -0.390. The number of rotatable bonds is 10. The van der Waals surface area contributed by atoms with Crippen LogP contribution in [0, 0.1) is 11.3 Å². The summed E-state index contributed by atoms with van der Waals surface area (Å²) in [6.07, 6.45) is 1.42. The molecule has 0 aliphatic heterocycles. The van der Waals surface area contributed by atoms with Gasteiger partial charge in [0.05, 0.1) is 17.7 Å². The minimum Gasteiger partial charge on any atom is -0.490 e. The lowest BCUT2D eigenvalue weighted by Gasteiger charge is -2.15. The van der Waals surface area contributed by atoms with E-state index in [1.165, 1.54) is 6.08 Å². The summed E-state index contributed by atoms with van der Waals surface area (Å²) in [6.45, 7) is 3.66. The van der Waals surface area contributed by atoms with Gasteiger partial charge in [-0.2, -0.15) is 5.26 Å². The van der Waals surface area contributed by atoms with Gasteiger partial charge < -0.3 is 20.1 Å². The Hall–Kier alpha value is -4.28. The number of para-hydroxylation sites is 1. The van der Waals surface area contributed by atoms with Crippen LogP contribution in [0.4, 0.5) is 5.69 Å². The molecule has 2 N–H and O–H groups in total. The summed E-state index contributed by atoms with van der Waals surface area (Å²) < 4.78 is 11.3. The van der Waals surface area contributed by atoms with E-state index in [9.17, 15) is 14.9 Å². The molecule has 2 amide bonds. The smallest absolute Gasteiger partial charge is 0.262 e. The summed E-state index contributed by atoms with van der Waals surface area (Å²) in [7, 11) is 0. The van der Waals surface area contributed by atoms with Crippen LogP contribution in [0.5, 0.6) is 11.5 Å². The van der Waals surface area contributed by atoms with E-state index >= 15 is 0 Å². The van der Waals surface area contributed by atoms with Crippen LogP contribution < -0.4 is 20.1 Å². The molecule has 0 aromatic heterocycles. The van der Waals surface area contributed by atoms with Crippen molar-refractivity contribution in [2.45, 2.75) is 19.9 Å². The Morgan fingerprint density at radius 2 is 1.72 bits per heavy atom. The van der Waals surface area contributed by atoms with E-state index in [1.807, 2.05) is 61.5 Å². The minimum absolute atomic E-state index is 0.0906. The van der Waals surface area contributed by atoms with E-state index < -0.39 is 5.91 Å². The van der Waals surface area contributed by atoms with Crippen molar-refractivity contribution in [3.63, 3.8) is 0 Å². The summed E-state index contributed by atoms with van der Waals surface area (Å²) in [5, 5.41) is 15.3. The molecule has 0 spiro atoms. The first kappa shape index (κ1) is 26.3. The number of hydrogen-bond acceptors (Lipinski definition) is 5. The number of ether oxygens (including phenoxy) is 2. The normalized spacial score (nSPS) is 11.7. The lowest BCUT2D eigenvalue weighted by Crippen LogP contribution is -2.27. The van der Waals surface area contributed by atoms with Gasteiger partial charge in [-0.25, -0.2) is 0 Å². The second-order valence-electron chi connectivity index (χ2n) is 7.74. The standard InChI is InChI=1S/C28H26ClN3O4/c1-3-35-25-16-20(14-22(17-30)28(34)31-19(2)21-10-6-4-7-11-21)15-24(29)27(25)36-18-26(33)32-23-12-8-5-9-13-23/h4-16,19H,3,18H2,1-2H3,(H,31,34)(H,32,33)/b22-14-/t19-/m0/s1. The molecular weight excluding hydrogens is 478 g/mol. The van der Waals surface area contributed by atoms with Crippen molar-refractivity contribution in [3.8, 4) is 17.6 Å². The molecule has 3 aromatic carbocycles. The molecule has 0 heterocycles. The highest BCUT2D eigenvalue weighted by molar-refractivity contribution is 6.32. The zero-order valence-corrected chi connectivity index (χ0v) is 20.7. The molecule has 8 heteroatoms. The topological polar surface area (TPSA) is 100 Å². The molecule has 0 radical (unpaired) electrons. The maximum Gasteiger partial charge on any atom is 0.262 e. The van der Waals surface area contributed by atoms with E-state index in [1.54, 1.807) is 31.2 Å². The van der Waals surface area contributed by atoms with Crippen molar-refractivity contribution in [3.05, 3.63) is 94.5 Å². The Bertz CT molecular complexity index is 1270. The lowest BCUT2D eigenvalue weighted by molar-refractivity contribution is -0.118. The molecule has 0 saturated heterocycles. The number of benzene rings is 3. The Morgan fingerprint density at radius 1 is 1.06 bits per heavy atom. The SMILES string of the molecule is CCOc1cc(/C=C(/C#N)C(=O)N[C@@H](C)c2ccccc2)cc(Cl)c1OCC(=O)Nc1ccccc1. The molecular formula is C28H26ClN3O4. The molecule has 36 heavy (non-hydrogen) atoms. The van der Waals surface area contributed by atoms with Gasteiger partial charge in [0.25, 0.3) is 11.8 Å². The highest BCUT2D eigenvalue weighted by atomic mass is 35.5. The number of nitrogens with one attached hydrogen (secondary N) is 2. The summed E-state index contributed by atoms with van der Waals surface area (Å²) >= 11 is 6.44. The van der Waals surface area contributed by atoms with Crippen molar-refractivity contribution in [2.75, 3.05) is 18.5 Å². The van der Waals surface area contributed by atoms with Gasteiger partial charge in [-0.15, -0.1) is 0 Å². The monoisotopic (exact) mass is 503 g/mol. The van der Waals surface area contributed by atoms with Crippen LogP contribution >= 0.6 is 11.6 Å². The molecule has 184 valence electrons. The van der Waals surface area contributed by atoms with Crippen molar-refractivity contribution >= 4 is 35.2 Å². The van der Waals surface area contributed by atoms with Crippen LogP contribution in [0.2, 0.25) is 5.02 Å². The third-order valence-corrected chi connectivity index (χ3v) is 5.34. The van der Waals surface area contributed by atoms with E-state index in [2.05, 4.69) is 10.6 Å². The molecule has 3 rings (SSSR count). The second-order valence-corrected chi connectivity index (χ2v) is 8.15. The molecule has 1 atom stereocenters. The second kappa shape index (κ2) is 13.0. The number of carbonyl (C=O) groups is 2. The average molecular weight is 504 g/mol. The van der Waals surface area contributed by atoms with Gasteiger partial charge in [-0.3, -0.25) is 9.59 Å². The Morgan fingerprint density at radius 3 is 2.36 bits per heavy atom. The number of carbonyl (C=O) groups excluding carboxylic acids is 2. The Kier molecular flexibility index (Phi) is 9.49. The third-order valence-electron chi connectivity index (χ3n) is 5.06. The van der Waals surface area contributed by atoms with Gasteiger partial charge in [0.1, 0.15) is 11.6 Å². The van der Waals surface area contributed by atoms with E-state index in [0.717, 1.165) is 5.56 Å². The van der Waals surface area contributed by atoms with Crippen molar-refractivity contribution in [1.29, 1.82) is 5.26 Å². The fraction of sp³-hybridized carbons (Fsp3) is 0.179. The van der Waals surface area contributed by atoms with Crippen LogP contribution in [0.1, 0.15) is 31.0 Å². The quantitative estimate of drug-likeness (QED) is 0.279.